The highest BCUT2D eigenvalue weighted by Crippen LogP contribution is 2.28. The zero-order valence-corrected chi connectivity index (χ0v) is 13.4. The summed E-state index contributed by atoms with van der Waals surface area (Å²) in [7, 11) is 0. The molecule has 0 aromatic heterocycles. The van der Waals surface area contributed by atoms with Crippen LogP contribution in [0, 0.1) is 0 Å². The van der Waals surface area contributed by atoms with E-state index in [1.54, 1.807) is 24.3 Å². The third-order valence-corrected chi connectivity index (χ3v) is 3.52. The highest BCUT2D eigenvalue weighted by Gasteiger charge is 2.10. The predicted molar refractivity (Wildman–Crippen MR) is 87.6 cm³/mol. The van der Waals surface area contributed by atoms with Crippen LogP contribution in [-0.4, -0.2) is 12.5 Å². The van der Waals surface area contributed by atoms with Gasteiger partial charge in [0.1, 0.15) is 5.75 Å². The van der Waals surface area contributed by atoms with E-state index in [1.165, 1.54) is 0 Å². The minimum atomic E-state index is -0.268. The van der Waals surface area contributed by atoms with Gasteiger partial charge in [0, 0.05) is 22.3 Å². The molecule has 0 aliphatic carbocycles. The summed E-state index contributed by atoms with van der Waals surface area (Å²) in [6.07, 6.45) is 0. The number of nitrogens with one attached hydrogen (secondary N) is 1. The molecule has 0 fully saturated rings. The molecule has 2 rings (SSSR count). The SMILES string of the molecule is NCc1cccc(Cl)c1OCC(=O)Nc1cccc(Br)c1. The molecule has 0 aliphatic rings. The first-order chi connectivity index (χ1) is 10.1. The summed E-state index contributed by atoms with van der Waals surface area (Å²) in [5.41, 5.74) is 7.07. The lowest BCUT2D eigenvalue weighted by atomic mass is 10.2. The fraction of sp³-hybridized carbons (Fsp3) is 0.133. The summed E-state index contributed by atoms with van der Waals surface area (Å²) >= 11 is 9.40. The largest absolute Gasteiger partial charge is 0.482 e. The van der Waals surface area contributed by atoms with E-state index in [1.807, 2.05) is 18.2 Å². The lowest BCUT2D eigenvalue weighted by Crippen LogP contribution is -2.20. The number of benzene rings is 2. The van der Waals surface area contributed by atoms with Crippen LogP contribution >= 0.6 is 27.5 Å². The second-order valence-electron chi connectivity index (χ2n) is 4.28. The molecule has 0 spiro atoms. The Labute approximate surface area is 136 Å². The molecular weight excluding hydrogens is 356 g/mol. The molecule has 3 N–H and O–H groups in total. The maximum atomic E-state index is 11.9. The van der Waals surface area contributed by atoms with Crippen LogP contribution in [0.3, 0.4) is 0 Å². The van der Waals surface area contributed by atoms with Crippen molar-refractivity contribution in [3.05, 3.63) is 57.5 Å². The van der Waals surface area contributed by atoms with Gasteiger partial charge in [-0.25, -0.2) is 0 Å². The fourth-order valence-electron chi connectivity index (χ4n) is 1.78. The Kier molecular flexibility index (Phi) is 5.61. The van der Waals surface area contributed by atoms with E-state index >= 15 is 0 Å². The number of amides is 1. The van der Waals surface area contributed by atoms with Crippen molar-refractivity contribution in [3.63, 3.8) is 0 Å². The number of hydrogen-bond donors (Lipinski definition) is 2. The molecule has 0 bridgehead atoms. The van der Waals surface area contributed by atoms with Crippen molar-refractivity contribution in [2.45, 2.75) is 6.54 Å². The van der Waals surface area contributed by atoms with Crippen molar-refractivity contribution < 1.29 is 9.53 Å². The van der Waals surface area contributed by atoms with Gasteiger partial charge in [0.15, 0.2) is 6.61 Å². The molecule has 0 aliphatic heterocycles. The molecule has 4 nitrogen and oxygen atoms in total. The normalized spacial score (nSPS) is 10.2. The number of carbonyl (C=O) groups excluding carboxylic acids is 1. The van der Waals surface area contributed by atoms with Crippen molar-refractivity contribution in [1.29, 1.82) is 0 Å². The lowest BCUT2D eigenvalue weighted by molar-refractivity contribution is -0.118. The molecule has 2 aromatic carbocycles. The predicted octanol–water partition coefficient (Wildman–Crippen LogP) is 3.58. The number of para-hydroxylation sites is 1. The van der Waals surface area contributed by atoms with Gasteiger partial charge in [0.25, 0.3) is 5.91 Å². The van der Waals surface area contributed by atoms with Crippen molar-refractivity contribution in [1.82, 2.24) is 0 Å². The Bertz CT molecular complexity index is 649. The molecule has 0 saturated heterocycles. The fourth-order valence-corrected chi connectivity index (χ4v) is 2.42. The van der Waals surface area contributed by atoms with Gasteiger partial charge >= 0.3 is 0 Å². The standard InChI is InChI=1S/C15H14BrClN2O2/c16-11-4-2-5-12(7-11)19-14(20)9-21-15-10(8-18)3-1-6-13(15)17/h1-7H,8-9,18H2,(H,19,20). The Morgan fingerprint density at radius 3 is 2.76 bits per heavy atom. The highest BCUT2D eigenvalue weighted by atomic mass is 79.9. The van der Waals surface area contributed by atoms with E-state index in [-0.39, 0.29) is 12.5 Å². The number of hydrogen-bond acceptors (Lipinski definition) is 3. The number of anilines is 1. The average molecular weight is 370 g/mol. The van der Waals surface area contributed by atoms with Crippen LogP contribution in [-0.2, 0) is 11.3 Å². The minimum Gasteiger partial charge on any atom is -0.482 e. The molecular formula is C15H14BrClN2O2. The third-order valence-electron chi connectivity index (χ3n) is 2.72. The molecule has 0 unspecified atom stereocenters. The van der Waals surface area contributed by atoms with Crippen LogP contribution in [0.2, 0.25) is 5.02 Å². The second kappa shape index (κ2) is 7.45. The topological polar surface area (TPSA) is 64.3 Å². The molecule has 0 atom stereocenters. The van der Waals surface area contributed by atoms with Crippen LogP contribution in [0.5, 0.6) is 5.75 Å². The van der Waals surface area contributed by atoms with Gasteiger partial charge < -0.3 is 15.8 Å². The zero-order chi connectivity index (χ0) is 15.2. The molecule has 0 saturated carbocycles. The van der Waals surface area contributed by atoms with Crippen LogP contribution < -0.4 is 15.8 Å². The lowest BCUT2D eigenvalue weighted by Gasteiger charge is -2.12. The average Bonchev–Trinajstić information content (AvgIpc) is 2.45. The van der Waals surface area contributed by atoms with E-state index in [0.717, 1.165) is 10.0 Å². The van der Waals surface area contributed by atoms with E-state index in [9.17, 15) is 4.79 Å². The summed E-state index contributed by atoms with van der Waals surface area (Å²) in [6.45, 7) is 0.159. The van der Waals surface area contributed by atoms with Crippen LogP contribution in [0.15, 0.2) is 46.9 Å². The number of rotatable bonds is 5. The van der Waals surface area contributed by atoms with Gasteiger partial charge in [-0.05, 0) is 24.3 Å². The van der Waals surface area contributed by atoms with Gasteiger partial charge in [-0.1, -0.05) is 45.7 Å². The van der Waals surface area contributed by atoms with Gasteiger partial charge in [-0.3, -0.25) is 4.79 Å². The number of ether oxygens (including phenoxy) is 1. The maximum Gasteiger partial charge on any atom is 0.262 e. The molecule has 2 aromatic rings. The van der Waals surface area contributed by atoms with Crippen molar-refractivity contribution in [3.8, 4) is 5.75 Å². The summed E-state index contributed by atoms with van der Waals surface area (Å²) in [6, 6.07) is 12.6. The second-order valence-corrected chi connectivity index (χ2v) is 5.60. The Hall–Kier alpha value is -1.56. The first-order valence-electron chi connectivity index (χ1n) is 6.26. The van der Waals surface area contributed by atoms with Gasteiger partial charge in [0.05, 0.1) is 5.02 Å². The monoisotopic (exact) mass is 368 g/mol. The molecule has 0 heterocycles. The molecule has 110 valence electrons. The third kappa shape index (κ3) is 4.46. The quantitative estimate of drug-likeness (QED) is 0.846. The highest BCUT2D eigenvalue weighted by molar-refractivity contribution is 9.10. The summed E-state index contributed by atoms with van der Waals surface area (Å²) in [5, 5.41) is 3.18. The summed E-state index contributed by atoms with van der Waals surface area (Å²) in [4.78, 5) is 11.9. The summed E-state index contributed by atoms with van der Waals surface area (Å²) in [5.74, 6) is 0.182. The van der Waals surface area contributed by atoms with Gasteiger partial charge in [0.2, 0.25) is 0 Å². The van der Waals surface area contributed by atoms with Crippen molar-refractivity contribution in [2.75, 3.05) is 11.9 Å². The molecule has 1 amide bonds. The van der Waals surface area contributed by atoms with Crippen molar-refractivity contribution in [2.24, 2.45) is 5.73 Å². The maximum absolute atomic E-state index is 11.9. The van der Waals surface area contributed by atoms with Crippen LogP contribution in [0.25, 0.3) is 0 Å². The first-order valence-corrected chi connectivity index (χ1v) is 7.43. The molecule has 0 radical (unpaired) electrons. The smallest absolute Gasteiger partial charge is 0.262 e. The van der Waals surface area contributed by atoms with E-state index < -0.39 is 0 Å². The summed E-state index contributed by atoms with van der Waals surface area (Å²) < 4.78 is 6.37. The van der Waals surface area contributed by atoms with Crippen LogP contribution in [0.1, 0.15) is 5.56 Å². The Balaban J connectivity index is 1.99. The Morgan fingerprint density at radius 1 is 1.29 bits per heavy atom. The molecule has 6 heteroatoms. The number of nitrogens with two attached hydrogens (primary N) is 1. The van der Waals surface area contributed by atoms with E-state index in [0.29, 0.717) is 23.0 Å². The van der Waals surface area contributed by atoms with Gasteiger partial charge in [-0.2, -0.15) is 0 Å². The van der Waals surface area contributed by atoms with Gasteiger partial charge in [-0.15, -0.1) is 0 Å². The van der Waals surface area contributed by atoms with E-state index in [4.69, 9.17) is 22.1 Å². The van der Waals surface area contributed by atoms with Crippen molar-refractivity contribution >= 4 is 39.1 Å². The minimum absolute atomic E-state index is 0.136. The zero-order valence-electron chi connectivity index (χ0n) is 11.1. The number of carbonyl (C=O) groups is 1. The van der Waals surface area contributed by atoms with E-state index in [2.05, 4.69) is 21.2 Å². The Morgan fingerprint density at radius 2 is 2.05 bits per heavy atom. The van der Waals surface area contributed by atoms with Crippen LogP contribution in [0.4, 0.5) is 5.69 Å². The molecule has 21 heavy (non-hydrogen) atoms. The number of halogens is 2. The first kappa shape index (κ1) is 15.8.